The Labute approximate surface area is 163 Å². The van der Waals surface area contributed by atoms with Gasteiger partial charge in [0.15, 0.2) is 5.69 Å². The van der Waals surface area contributed by atoms with Gasteiger partial charge in [-0.3, -0.25) is 19.1 Å². The van der Waals surface area contributed by atoms with Crippen molar-refractivity contribution >= 4 is 17.4 Å². The van der Waals surface area contributed by atoms with Gasteiger partial charge in [-0.1, -0.05) is 49.4 Å². The summed E-state index contributed by atoms with van der Waals surface area (Å²) in [7, 11) is 0. The molecule has 0 radical (unpaired) electrons. The number of allylic oxidation sites excluding steroid dienone is 2. The molecule has 0 unspecified atom stereocenters. The highest BCUT2D eigenvalue weighted by atomic mass is 16.2. The van der Waals surface area contributed by atoms with E-state index in [0.29, 0.717) is 19.4 Å². The zero-order valence-electron chi connectivity index (χ0n) is 16.1. The van der Waals surface area contributed by atoms with Crippen molar-refractivity contribution in [3.05, 3.63) is 68.9 Å². The van der Waals surface area contributed by atoms with E-state index in [9.17, 15) is 14.4 Å². The summed E-state index contributed by atoms with van der Waals surface area (Å²) in [4.78, 5) is 41.6. The van der Waals surface area contributed by atoms with Gasteiger partial charge in [0.05, 0.1) is 6.54 Å². The number of anilines is 2. The first kappa shape index (κ1) is 19.7. The standard InChI is InChI=1S/C21H26N4O3/c1-2-12-24(17(26)13-15-8-6-7-9-15)18-19(22)25(21(28)23-20(18)27)14-16-10-4-3-5-11-16/h3-6,8,10-11,15H,2,7,9,12-14,22H2,1H3,(H,23,27,28)/t15-/m1/s1. The van der Waals surface area contributed by atoms with E-state index in [2.05, 4.69) is 11.1 Å². The third-order valence-electron chi connectivity index (χ3n) is 4.96. The number of rotatable bonds is 7. The first-order valence-electron chi connectivity index (χ1n) is 9.64. The van der Waals surface area contributed by atoms with Gasteiger partial charge in [-0.25, -0.2) is 4.79 Å². The van der Waals surface area contributed by atoms with Crippen LogP contribution in [-0.2, 0) is 11.3 Å². The van der Waals surface area contributed by atoms with Crippen molar-refractivity contribution in [2.24, 2.45) is 5.92 Å². The first-order chi connectivity index (χ1) is 13.5. The Balaban J connectivity index is 1.98. The molecule has 1 aromatic carbocycles. The molecule has 0 fully saturated rings. The van der Waals surface area contributed by atoms with Gasteiger partial charge in [-0.2, -0.15) is 0 Å². The van der Waals surface area contributed by atoms with Crippen LogP contribution in [0, 0.1) is 5.92 Å². The van der Waals surface area contributed by atoms with Crippen molar-refractivity contribution in [2.45, 2.75) is 39.2 Å². The lowest BCUT2D eigenvalue weighted by Crippen LogP contribution is -2.42. The summed E-state index contributed by atoms with van der Waals surface area (Å²) in [5, 5.41) is 0. The Bertz CT molecular complexity index is 975. The number of nitrogen functional groups attached to an aromatic ring is 1. The Hall–Kier alpha value is -3.09. The van der Waals surface area contributed by atoms with Crippen LogP contribution in [0.25, 0.3) is 0 Å². The average Bonchev–Trinajstić information content (AvgIpc) is 3.18. The van der Waals surface area contributed by atoms with Crippen LogP contribution in [0.15, 0.2) is 52.1 Å². The summed E-state index contributed by atoms with van der Waals surface area (Å²) in [6, 6.07) is 9.36. The number of benzene rings is 1. The van der Waals surface area contributed by atoms with Gasteiger partial charge in [0.25, 0.3) is 5.56 Å². The number of carbonyl (C=O) groups is 1. The van der Waals surface area contributed by atoms with Gasteiger partial charge in [-0.15, -0.1) is 0 Å². The maximum Gasteiger partial charge on any atom is 0.330 e. The van der Waals surface area contributed by atoms with E-state index in [4.69, 9.17) is 5.73 Å². The topological polar surface area (TPSA) is 101 Å². The second-order valence-corrected chi connectivity index (χ2v) is 7.08. The lowest BCUT2D eigenvalue weighted by atomic mass is 10.0. The van der Waals surface area contributed by atoms with Crippen molar-refractivity contribution in [1.82, 2.24) is 9.55 Å². The highest BCUT2D eigenvalue weighted by Crippen LogP contribution is 2.24. The predicted molar refractivity (Wildman–Crippen MR) is 110 cm³/mol. The van der Waals surface area contributed by atoms with Gasteiger partial charge in [0.2, 0.25) is 5.91 Å². The molecule has 0 bridgehead atoms. The quantitative estimate of drug-likeness (QED) is 0.717. The molecule has 28 heavy (non-hydrogen) atoms. The van der Waals surface area contributed by atoms with E-state index >= 15 is 0 Å². The van der Waals surface area contributed by atoms with Crippen LogP contribution in [0.5, 0.6) is 0 Å². The van der Waals surface area contributed by atoms with Gasteiger partial charge in [-0.05, 0) is 30.7 Å². The number of nitrogens with zero attached hydrogens (tertiary/aromatic N) is 2. The maximum atomic E-state index is 12.9. The fourth-order valence-corrected chi connectivity index (χ4v) is 3.55. The molecule has 1 aromatic heterocycles. The number of aromatic nitrogens is 2. The molecule has 0 saturated heterocycles. The summed E-state index contributed by atoms with van der Waals surface area (Å²) in [6.07, 6.45) is 7.02. The summed E-state index contributed by atoms with van der Waals surface area (Å²) in [5.74, 6) is 0.0456. The Morgan fingerprint density at radius 1 is 1.29 bits per heavy atom. The number of nitrogens with two attached hydrogens (primary N) is 1. The molecule has 0 aliphatic heterocycles. The minimum Gasteiger partial charge on any atom is -0.383 e. The second-order valence-electron chi connectivity index (χ2n) is 7.08. The van der Waals surface area contributed by atoms with Crippen molar-refractivity contribution in [1.29, 1.82) is 0 Å². The Kier molecular flexibility index (Phi) is 6.13. The molecule has 148 valence electrons. The average molecular weight is 382 g/mol. The highest BCUT2D eigenvalue weighted by molar-refractivity contribution is 5.95. The number of H-pyrrole nitrogens is 1. The van der Waals surface area contributed by atoms with E-state index in [0.717, 1.165) is 18.4 Å². The van der Waals surface area contributed by atoms with E-state index < -0.39 is 11.2 Å². The summed E-state index contributed by atoms with van der Waals surface area (Å²) in [6.45, 7) is 2.51. The van der Waals surface area contributed by atoms with Crippen LogP contribution in [-0.4, -0.2) is 22.0 Å². The van der Waals surface area contributed by atoms with E-state index in [1.54, 1.807) is 0 Å². The molecule has 1 aliphatic carbocycles. The second kappa shape index (κ2) is 8.73. The number of amides is 1. The van der Waals surface area contributed by atoms with Gasteiger partial charge >= 0.3 is 5.69 Å². The first-order valence-corrected chi connectivity index (χ1v) is 9.64. The molecule has 1 amide bonds. The van der Waals surface area contributed by atoms with Crippen LogP contribution in [0.3, 0.4) is 0 Å². The molecule has 3 rings (SSSR count). The van der Waals surface area contributed by atoms with Gasteiger partial charge in [0.1, 0.15) is 5.82 Å². The van der Waals surface area contributed by atoms with Crippen LogP contribution in [0.4, 0.5) is 11.5 Å². The molecule has 0 saturated carbocycles. The number of hydrogen-bond acceptors (Lipinski definition) is 4. The molecule has 3 N–H and O–H groups in total. The van der Waals surface area contributed by atoms with Crippen LogP contribution in [0.1, 0.15) is 38.2 Å². The monoisotopic (exact) mass is 382 g/mol. The smallest absolute Gasteiger partial charge is 0.330 e. The predicted octanol–water partition coefficient (Wildman–Crippen LogP) is 2.27. The fourth-order valence-electron chi connectivity index (χ4n) is 3.55. The summed E-state index contributed by atoms with van der Waals surface area (Å²) in [5.41, 5.74) is 5.96. The maximum absolute atomic E-state index is 12.9. The third kappa shape index (κ3) is 4.24. The zero-order valence-corrected chi connectivity index (χ0v) is 16.1. The highest BCUT2D eigenvalue weighted by Gasteiger charge is 2.25. The lowest BCUT2D eigenvalue weighted by Gasteiger charge is -2.25. The lowest BCUT2D eigenvalue weighted by molar-refractivity contribution is -0.119. The SMILES string of the molecule is CCCN(C(=O)C[C@@H]1C=CCC1)c1c(N)n(Cc2ccccc2)c(=O)[nH]c1=O. The zero-order chi connectivity index (χ0) is 20.1. The Morgan fingerprint density at radius 2 is 2.04 bits per heavy atom. The van der Waals surface area contributed by atoms with Crippen LogP contribution in [0.2, 0.25) is 0 Å². The summed E-state index contributed by atoms with van der Waals surface area (Å²) < 4.78 is 1.30. The molecular weight excluding hydrogens is 356 g/mol. The van der Waals surface area contributed by atoms with Crippen molar-refractivity contribution in [3.63, 3.8) is 0 Å². The van der Waals surface area contributed by atoms with Crippen LogP contribution >= 0.6 is 0 Å². The largest absolute Gasteiger partial charge is 0.383 e. The van der Waals surface area contributed by atoms with E-state index in [1.165, 1.54) is 9.47 Å². The molecule has 2 aromatic rings. The van der Waals surface area contributed by atoms with Gasteiger partial charge < -0.3 is 10.6 Å². The van der Waals surface area contributed by atoms with Crippen molar-refractivity contribution in [2.75, 3.05) is 17.2 Å². The van der Waals surface area contributed by atoms with Gasteiger partial charge in [0, 0.05) is 13.0 Å². The molecule has 0 spiro atoms. The minimum absolute atomic E-state index is 0.0152. The Morgan fingerprint density at radius 3 is 2.68 bits per heavy atom. The van der Waals surface area contributed by atoms with Crippen molar-refractivity contribution in [3.8, 4) is 0 Å². The van der Waals surface area contributed by atoms with Crippen LogP contribution < -0.4 is 21.9 Å². The molecule has 1 atom stereocenters. The molecule has 7 heteroatoms. The molecular formula is C21H26N4O3. The third-order valence-corrected chi connectivity index (χ3v) is 4.96. The van der Waals surface area contributed by atoms with E-state index in [1.807, 2.05) is 43.3 Å². The number of nitrogens with one attached hydrogen (secondary N) is 1. The fraction of sp³-hybridized carbons (Fsp3) is 0.381. The van der Waals surface area contributed by atoms with E-state index in [-0.39, 0.29) is 29.9 Å². The number of hydrogen-bond donors (Lipinski definition) is 2. The number of aromatic amines is 1. The van der Waals surface area contributed by atoms with Crippen molar-refractivity contribution < 1.29 is 4.79 Å². The molecule has 7 nitrogen and oxygen atoms in total. The molecule has 1 aliphatic rings. The number of carbonyl (C=O) groups excluding carboxylic acids is 1. The molecule has 1 heterocycles. The summed E-state index contributed by atoms with van der Waals surface area (Å²) >= 11 is 0. The minimum atomic E-state index is -0.629. The normalized spacial score (nSPS) is 15.7.